The number of benzene rings is 1. The molecule has 106 valence electrons. The number of aromatic nitrogens is 2. The zero-order valence-electron chi connectivity index (χ0n) is 11.9. The first kappa shape index (κ1) is 14.9. The van der Waals surface area contributed by atoms with Gasteiger partial charge in [0.05, 0.1) is 11.0 Å². The Morgan fingerprint density at radius 3 is 2.25 bits per heavy atom. The van der Waals surface area contributed by atoms with Gasteiger partial charge in [-0.15, -0.1) is 0 Å². The van der Waals surface area contributed by atoms with Crippen LogP contribution in [0.4, 0.5) is 4.39 Å². The van der Waals surface area contributed by atoms with E-state index in [0.717, 1.165) is 17.0 Å². The van der Waals surface area contributed by atoms with Gasteiger partial charge in [-0.1, -0.05) is 6.07 Å². The van der Waals surface area contributed by atoms with Gasteiger partial charge in [-0.25, -0.2) is 14.4 Å². The van der Waals surface area contributed by atoms with Gasteiger partial charge in [0.2, 0.25) is 0 Å². The Morgan fingerprint density at radius 2 is 1.75 bits per heavy atom. The summed E-state index contributed by atoms with van der Waals surface area (Å²) in [7, 11) is 0. The van der Waals surface area contributed by atoms with E-state index in [1.54, 1.807) is 19.1 Å². The first-order chi connectivity index (χ1) is 9.38. The molecule has 0 aliphatic heterocycles. The molecule has 0 saturated carbocycles. The summed E-state index contributed by atoms with van der Waals surface area (Å²) in [6, 6.07) is 4.71. The maximum absolute atomic E-state index is 14.0. The van der Waals surface area contributed by atoms with E-state index in [0.29, 0.717) is 15.6 Å². The van der Waals surface area contributed by atoms with Crippen molar-refractivity contribution in [3.63, 3.8) is 0 Å². The highest BCUT2D eigenvalue weighted by Crippen LogP contribution is 2.29. The molecule has 2 rings (SSSR count). The maximum Gasteiger partial charge on any atom is 0.192 e. The largest absolute Gasteiger partial charge is 0.389 e. The van der Waals surface area contributed by atoms with E-state index >= 15 is 0 Å². The van der Waals surface area contributed by atoms with Gasteiger partial charge in [0, 0.05) is 11.4 Å². The molecule has 0 saturated heterocycles. The minimum atomic E-state index is -0.677. The molecule has 0 bridgehead atoms. The summed E-state index contributed by atoms with van der Waals surface area (Å²) in [6.07, 6.45) is -0.677. The van der Waals surface area contributed by atoms with E-state index in [9.17, 15) is 9.50 Å². The van der Waals surface area contributed by atoms with Gasteiger partial charge in [-0.05, 0) is 62.7 Å². The molecule has 2 aromatic rings. The lowest BCUT2D eigenvalue weighted by atomic mass is 10.1. The van der Waals surface area contributed by atoms with Crippen LogP contribution in [0.15, 0.2) is 28.3 Å². The van der Waals surface area contributed by atoms with Crippen molar-refractivity contribution in [3.8, 4) is 0 Å². The average Bonchev–Trinajstić information content (AvgIpc) is 2.38. The highest BCUT2D eigenvalue weighted by atomic mass is 32.2. The molecule has 0 radical (unpaired) electrons. The second-order valence-electron chi connectivity index (χ2n) is 4.77. The molecular formula is C15H17FN2OS. The topological polar surface area (TPSA) is 46.0 Å². The molecule has 0 amide bonds. The standard InChI is InChI=1S/C15H17FN2OS/c1-8-9(2)17-15(18-10(8)3)20-14-6-5-12(11(4)19)7-13(14)16/h5-7,11,19H,1-4H3. The third-order valence-corrected chi connectivity index (χ3v) is 4.17. The second-order valence-corrected chi connectivity index (χ2v) is 5.78. The highest BCUT2D eigenvalue weighted by molar-refractivity contribution is 7.99. The minimum Gasteiger partial charge on any atom is -0.389 e. The molecule has 0 fully saturated rings. The van der Waals surface area contributed by atoms with E-state index in [-0.39, 0.29) is 5.82 Å². The molecule has 1 heterocycles. The van der Waals surface area contributed by atoms with Crippen LogP contribution in [0.3, 0.4) is 0 Å². The van der Waals surface area contributed by atoms with Crippen molar-refractivity contribution < 1.29 is 9.50 Å². The monoisotopic (exact) mass is 292 g/mol. The van der Waals surface area contributed by atoms with Crippen molar-refractivity contribution in [2.24, 2.45) is 0 Å². The van der Waals surface area contributed by atoms with E-state index in [1.807, 2.05) is 20.8 Å². The summed E-state index contributed by atoms with van der Waals surface area (Å²) in [4.78, 5) is 9.18. The Hall–Kier alpha value is -1.46. The quantitative estimate of drug-likeness (QED) is 0.875. The van der Waals surface area contributed by atoms with Crippen LogP contribution >= 0.6 is 11.8 Å². The van der Waals surface area contributed by atoms with Crippen LogP contribution in [-0.2, 0) is 0 Å². The van der Waals surface area contributed by atoms with Crippen molar-refractivity contribution in [2.45, 2.75) is 43.9 Å². The number of halogens is 1. The number of aliphatic hydroxyl groups excluding tert-OH is 1. The summed E-state index contributed by atoms with van der Waals surface area (Å²) in [5, 5.41) is 9.97. The lowest BCUT2D eigenvalue weighted by Gasteiger charge is -2.09. The van der Waals surface area contributed by atoms with Crippen molar-refractivity contribution in [2.75, 3.05) is 0 Å². The first-order valence-electron chi connectivity index (χ1n) is 6.35. The Bertz CT molecular complexity index is 621. The summed E-state index contributed by atoms with van der Waals surface area (Å²) in [5.41, 5.74) is 3.42. The molecule has 0 spiro atoms. The molecule has 1 aromatic heterocycles. The Kier molecular flexibility index (Phi) is 4.40. The molecule has 20 heavy (non-hydrogen) atoms. The lowest BCUT2D eigenvalue weighted by Crippen LogP contribution is -1.98. The fraction of sp³-hybridized carbons (Fsp3) is 0.333. The van der Waals surface area contributed by atoms with Gasteiger partial charge in [-0.3, -0.25) is 0 Å². The van der Waals surface area contributed by atoms with Crippen LogP contribution in [0.5, 0.6) is 0 Å². The molecule has 1 atom stereocenters. The van der Waals surface area contributed by atoms with Crippen LogP contribution in [0, 0.1) is 26.6 Å². The molecule has 1 aromatic carbocycles. The molecule has 0 aliphatic rings. The summed E-state index contributed by atoms with van der Waals surface area (Å²) < 4.78 is 14.0. The molecular weight excluding hydrogens is 275 g/mol. The summed E-state index contributed by atoms with van der Waals surface area (Å²) in [5.74, 6) is -0.368. The Balaban J connectivity index is 2.31. The van der Waals surface area contributed by atoms with Crippen LogP contribution in [0.1, 0.15) is 35.5 Å². The second kappa shape index (κ2) is 5.89. The molecule has 5 heteroatoms. The molecule has 3 nitrogen and oxygen atoms in total. The van der Waals surface area contributed by atoms with Gasteiger partial charge >= 0.3 is 0 Å². The molecule has 0 aliphatic carbocycles. The predicted molar refractivity (Wildman–Crippen MR) is 77.4 cm³/mol. The van der Waals surface area contributed by atoms with Crippen molar-refractivity contribution in [3.05, 3.63) is 46.5 Å². The number of hydrogen-bond acceptors (Lipinski definition) is 4. The van der Waals surface area contributed by atoms with Crippen molar-refractivity contribution in [1.82, 2.24) is 9.97 Å². The third-order valence-electron chi connectivity index (χ3n) is 3.25. The highest BCUT2D eigenvalue weighted by Gasteiger charge is 2.11. The third kappa shape index (κ3) is 3.16. The van der Waals surface area contributed by atoms with Gasteiger partial charge < -0.3 is 5.11 Å². The van der Waals surface area contributed by atoms with E-state index < -0.39 is 6.10 Å². The van der Waals surface area contributed by atoms with Gasteiger partial charge in [-0.2, -0.15) is 0 Å². The van der Waals surface area contributed by atoms with Crippen molar-refractivity contribution >= 4 is 11.8 Å². The van der Waals surface area contributed by atoms with Gasteiger partial charge in [0.1, 0.15) is 5.82 Å². The smallest absolute Gasteiger partial charge is 0.192 e. The normalized spacial score (nSPS) is 12.5. The summed E-state index contributed by atoms with van der Waals surface area (Å²) >= 11 is 1.19. The Morgan fingerprint density at radius 1 is 1.15 bits per heavy atom. The zero-order chi connectivity index (χ0) is 14.9. The lowest BCUT2D eigenvalue weighted by molar-refractivity contribution is 0.198. The van der Waals surface area contributed by atoms with Crippen LogP contribution in [0.2, 0.25) is 0 Å². The fourth-order valence-corrected chi connectivity index (χ4v) is 2.60. The minimum absolute atomic E-state index is 0.368. The Labute approximate surface area is 122 Å². The molecule has 1 unspecified atom stereocenters. The number of nitrogens with zero attached hydrogens (tertiary/aromatic N) is 2. The van der Waals surface area contributed by atoms with E-state index in [4.69, 9.17) is 0 Å². The average molecular weight is 292 g/mol. The number of rotatable bonds is 3. The number of aliphatic hydroxyl groups is 1. The fourth-order valence-electron chi connectivity index (χ4n) is 1.75. The van der Waals surface area contributed by atoms with Gasteiger partial charge in [0.25, 0.3) is 0 Å². The van der Waals surface area contributed by atoms with Crippen LogP contribution < -0.4 is 0 Å². The van der Waals surface area contributed by atoms with Crippen LogP contribution in [-0.4, -0.2) is 15.1 Å². The van der Waals surface area contributed by atoms with E-state index in [1.165, 1.54) is 17.8 Å². The van der Waals surface area contributed by atoms with Crippen LogP contribution in [0.25, 0.3) is 0 Å². The SMILES string of the molecule is Cc1nc(Sc2ccc(C(C)O)cc2F)nc(C)c1C. The van der Waals surface area contributed by atoms with E-state index in [2.05, 4.69) is 9.97 Å². The molecule has 1 N–H and O–H groups in total. The summed E-state index contributed by atoms with van der Waals surface area (Å²) in [6.45, 7) is 7.41. The number of aryl methyl sites for hydroxylation is 2. The number of hydrogen-bond donors (Lipinski definition) is 1. The maximum atomic E-state index is 14.0. The van der Waals surface area contributed by atoms with Gasteiger partial charge in [0.15, 0.2) is 5.16 Å². The van der Waals surface area contributed by atoms with Crippen molar-refractivity contribution in [1.29, 1.82) is 0 Å². The first-order valence-corrected chi connectivity index (χ1v) is 7.17. The predicted octanol–water partition coefficient (Wildman–Crippen LogP) is 3.75. The zero-order valence-corrected chi connectivity index (χ0v) is 12.8.